The summed E-state index contributed by atoms with van der Waals surface area (Å²) in [6, 6.07) is 0. The fraction of sp³-hybridized carbons (Fsp3) is 0.538. The van der Waals surface area contributed by atoms with E-state index >= 15 is 0 Å². The van der Waals surface area contributed by atoms with Crippen LogP contribution in [0.1, 0.15) is 26.3 Å². The number of fused-ring (bicyclic) bond motifs is 1. The zero-order chi connectivity index (χ0) is 13.4. The smallest absolute Gasteiger partial charge is 0.284 e. The SMILES string of the molecule is CCc1csc2c1c(=O)n(C)c(=O)n2CC(C)C. The van der Waals surface area contributed by atoms with E-state index in [0.717, 1.165) is 16.8 Å². The Bertz CT molecular complexity index is 691. The van der Waals surface area contributed by atoms with Crippen molar-refractivity contribution in [3.8, 4) is 0 Å². The zero-order valence-electron chi connectivity index (χ0n) is 11.2. The molecule has 98 valence electrons. The summed E-state index contributed by atoms with van der Waals surface area (Å²) < 4.78 is 2.95. The van der Waals surface area contributed by atoms with Crippen molar-refractivity contribution in [2.75, 3.05) is 0 Å². The monoisotopic (exact) mass is 266 g/mol. The van der Waals surface area contributed by atoms with Crippen LogP contribution in [0.25, 0.3) is 10.2 Å². The molecule has 2 rings (SSSR count). The van der Waals surface area contributed by atoms with Crippen molar-refractivity contribution >= 4 is 21.6 Å². The van der Waals surface area contributed by atoms with Gasteiger partial charge in [-0.1, -0.05) is 20.8 Å². The van der Waals surface area contributed by atoms with Crippen LogP contribution in [0.4, 0.5) is 0 Å². The molecule has 2 aromatic heterocycles. The van der Waals surface area contributed by atoms with Gasteiger partial charge in [-0.05, 0) is 23.3 Å². The summed E-state index contributed by atoms with van der Waals surface area (Å²) in [5.74, 6) is 0.371. The third-order valence-corrected chi connectivity index (χ3v) is 4.11. The summed E-state index contributed by atoms with van der Waals surface area (Å²) in [5, 5.41) is 2.70. The lowest BCUT2D eigenvalue weighted by molar-refractivity contribution is 0.504. The Balaban J connectivity index is 2.90. The topological polar surface area (TPSA) is 44.0 Å². The second-order valence-electron chi connectivity index (χ2n) is 4.95. The van der Waals surface area contributed by atoms with Gasteiger partial charge in [0.25, 0.3) is 5.56 Å². The molecule has 0 bridgehead atoms. The van der Waals surface area contributed by atoms with Gasteiger partial charge in [0.1, 0.15) is 4.83 Å². The van der Waals surface area contributed by atoms with Crippen LogP contribution in [0, 0.1) is 5.92 Å². The Kier molecular flexibility index (Phi) is 3.43. The summed E-state index contributed by atoms with van der Waals surface area (Å²) in [4.78, 5) is 25.2. The highest BCUT2D eigenvalue weighted by molar-refractivity contribution is 7.17. The quantitative estimate of drug-likeness (QED) is 0.852. The van der Waals surface area contributed by atoms with Crippen LogP contribution in [0.15, 0.2) is 15.0 Å². The van der Waals surface area contributed by atoms with Gasteiger partial charge in [0, 0.05) is 13.6 Å². The fourth-order valence-corrected chi connectivity index (χ4v) is 3.27. The Hall–Kier alpha value is -1.36. The summed E-state index contributed by atoms with van der Waals surface area (Å²) in [6.07, 6.45) is 0.815. The molecule has 0 atom stereocenters. The summed E-state index contributed by atoms with van der Waals surface area (Å²) in [6.45, 7) is 6.81. The number of thiophene rings is 1. The highest BCUT2D eigenvalue weighted by Crippen LogP contribution is 2.22. The van der Waals surface area contributed by atoms with Gasteiger partial charge in [0.2, 0.25) is 0 Å². The van der Waals surface area contributed by atoms with Crippen molar-refractivity contribution in [3.05, 3.63) is 31.8 Å². The Labute approximate surface area is 109 Å². The Morgan fingerprint density at radius 1 is 1.33 bits per heavy atom. The normalized spacial score (nSPS) is 11.6. The first-order valence-electron chi connectivity index (χ1n) is 6.17. The van der Waals surface area contributed by atoms with Crippen LogP contribution >= 0.6 is 11.3 Å². The largest absolute Gasteiger partial charge is 0.331 e. The molecule has 5 heteroatoms. The molecule has 0 saturated heterocycles. The van der Waals surface area contributed by atoms with Crippen LogP contribution in [-0.4, -0.2) is 9.13 Å². The number of rotatable bonds is 3. The molecule has 4 nitrogen and oxygen atoms in total. The maximum Gasteiger partial charge on any atom is 0.331 e. The average Bonchev–Trinajstić information content (AvgIpc) is 2.75. The minimum Gasteiger partial charge on any atom is -0.284 e. The second-order valence-corrected chi connectivity index (χ2v) is 5.80. The maximum absolute atomic E-state index is 12.2. The first kappa shape index (κ1) is 13.1. The maximum atomic E-state index is 12.2. The molecule has 0 spiro atoms. The van der Waals surface area contributed by atoms with Gasteiger partial charge in [-0.25, -0.2) is 4.79 Å². The van der Waals surface area contributed by atoms with E-state index in [1.54, 1.807) is 11.6 Å². The van der Waals surface area contributed by atoms with E-state index in [9.17, 15) is 9.59 Å². The number of hydrogen-bond donors (Lipinski definition) is 0. The zero-order valence-corrected chi connectivity index (χ0v) is 12.0. The van der Waals surface area contributed by atoms with E-state index in [0.29, 0.717) is 17.8 Å². The lowest BCUT2D eigenvalue weighted by Gasteiger charge is -2.11. The predicted octanol–water partition coefficient (Wildman–Crippen LogP) is 1.98. The van der Waals surface area contributed by atoms with Gasteiger partial charge >= 0.3 is 5.69 Å². The lowest BCUT2D eigenvalue weighted by atomic mass is 10.2. The molecule has 0 N–H and O–H groups in total. The molecule has 18 heavy (non-hydrogen) atoms. The second kappa shape index (κ2) is 4.72. The van der Waals surface area contributed by atoms with Crippen molar-refractivity contribution in [2.45, 2.75) is 33.7 Å². The molecule has 0 radical (unpaired) electrons. The summed E-state index contributed by atoms with van der Waals surface area (Å²) in [7, 11) is 1.55. The van der Waals surface area contributed by atoms with Crippen LogP contribution in [0.3, 0.4) is 0 Å². The van der Waals surface area contributed by atoms with E-state index in [1.807, 2.05) is 12.3 Å². The third kappa shape index (κ3) is 1.92. The van der Waals surface area contributed by atoms with Gasteiger partial charge < -0.3 is 0 Å². The van der Waals surface area contributed by atoms with E-state index in [-0.39, 0.29) is 11.2 Å². The van der Waals surface area contributed by atoms with Crippen LogP contribution in [0.2, 0.25) is 0 Å². The molecule has 0 amide bonds. The number of hydrogen-bond acceptors (Lipinski definition) is 3. The standard InChI is InChI=1S/C13H18N2O2S/c1-5-9-7-18-12-10(9)11(16)14(4)13(17)15(12)6-8(2)3/h7-8H,5-6H2,1-4H3. The average molecular weight is 266 g/mol. The third-order valence-electron chi connectivity index (χ3n) is 3.06. The van der Waals surface area contributed by atoms with Gasteiger partial charge in [0.15, 0.2) is 0 Å². The summed E-state index contributed by atoms with van der Waals surface area (Å²) >= 11 is 1.49. The molecular formula is C13H18N2O2S. The molecule has 0 aromatic carbocycles. The molecule has 2 heterocycles. The number of aryl methyl sites for hydroxylation is 1. The molecule has 0 aliphatic carbocycles. The van der Waals surface area contributed by atoms with Crippen molar-refractivity contribution in [3.63, 3.8) is 0 Å². The van der Waals surface area contributed by atoms with E-state index in [2.05, 4.69) is 13.8 Å². The Morgan fingerprint density at radius 2 is 2.00 bits per heavy atom. The highest BCUT2D eigenvalue weighted by Gasteiger charge is 2.15. The van der Waals surface area contributed by atoms with Crippen molar-refractivity contribution < 1.29 is 0 Å². The predicted molar refractivity (Wildman–Crippen MR) is 75.5 cm³/mol. The molecule has 0 fully saturated rings. The van der Waals surface area contributed by atoms with E-state index < -0.39 is 0 Å². The van der Waals surface area contributed by atoms with Crippen molar-refractivity contribution in [1.29, 1.82) is 0 Å². The summed E-state index contributed by atoms with van der Waals surface area (Å²) in [5.41, 5.74) is 0.645. The van der Waals surface area contributed by atoms with Gasteiger partial charge in [-0.3, -0.25) is 13.9 Å². The van der Waals surface area contributed by atoms with Crippen LogP contribution in [0.5, 0.6) is 0 Å². The van der Waals surface area contributed by atoms with Crippen molar-refractivity contribution in [1.82, 2.24) is 9.13 Å². The van der Waals surface area contributed by atoms with E-state index in [1.165, 1.54) is 15.9 Å². The van der Waals surface area contributed by atoms with Gasteiger partial charge in [-0.2, -0.15) is 0 Å². The molecule has 2 aromatic rings. The molecular weight excluding hydrogens is 248 g/mol. The lowest BCUT2D eigenvalue weighted by Crippen LogP contribution is -2.38. The first-order chi connectivity index (χ1) is 8.47. The highest BCUT2D eigenvalue weighted by atomic mass is 32.1. The van der Waals surface area contributed by atoms with Gasteiger partial charge in [-0.15, -0.1) is 11.3 Å². The van der Waals surface area contributed by atoms with E-state index in [4.69, 9.17) is 0 Å². The first-order valence-corrected chi connectivity index (χ1v) is 7.05. The Morgan fingerprint density at radius 3 is 2.56 bits per heavy atom. The minimum atomic E-state index is -0.217. The van der Waals surface area contributed by atoms with Crippen LogP contribution < -0.4 is 11.2 Å². The van der Waals surface area contributed by atoms with Gasteiger partial charge in [0.05, 0.1) is 5.39 Å². The van der Waals surface area contributed by atoms with Crippen LogP contribution in [-0.2, 0) is 20.0 Å². The number of nitrogens with zero attached hydrogens (tertiary/aromatic N) is 2. The van der Waals surface area contributed by atoms with Crippen molar-refractivity contribution in [2.24, 2.45) is 13.0 Å². The molecule has 0 aliphatic rings. The molecule has 0 unspecified atom stereocenters. The molecule has 0 saturated carbocycles. The minimum absolute atomic E-state index is 0.173. The molecule has 0 aliphatic heterocycles. The number of aromatic nitrogens is 2. The fourth-order valence-electron chi connectivity index (χ4n) is 2.12.